The largest absolute Gasteiger partial charge is 0.497 e. The van der Waals surface area contributed by atoms with Crippen LogP contribution in [-0.2, 0) is 14.8 Å². The number of anilines is 1. The van der Waals surface area contributed by atoms with Crippen molar-refractivity contribution in [2.45, 2.75) is 4.90 Å². The SMILES string of the molecule is COc1ccc(OC)c(S(=O)(=O)NCC(=O)Nc2ccccc2C(N)=O)c1. The van der Waals surface area contributed by atoms with Gasteiger partial charge in [0.2, 0.25) is 15.9 Å². The van der Waals surface area contributed by atoms with Crippen LogP contribution in [0.5, 0.6) is 11.5 Å². The van der Waals surface area contributed by atoms with E-state index in [1.165, 1.54) is 38.5 Å². The zero-order valence-electron chi connectivity index (χ0n) is 14.7. The van der Waals surface area contributed by atoms with Crippen LogP contribution in [0.2, 0.25) is 0 Å². The number of benzene rings is 2. The van der Waals surface area contributed by atoms with Crippen LogP contribution >= 0.6 is 0 Å². The zero-order chi connectivity index (χ0) is 20.0. The molecule has 2 aromatic carbocycles. The summed E-state index contributed by atoms with van der Waals surface area (Å²) in [5, 5.41) is 2.44. The molecule has 2 rings (SSSR count). The highest BCUT2D eigenvalue weighted by atomic mass is 32.2. The maximum Gasteiger partial charge on any atom is 0.250 e. The van der Waals surface area contributed by atoms with Gasteiger partial charge in [0, 0.05) is 6.07 Å². The first kappa shape index (κ1) is 20.2. The molecule has 0 aliphatic carbocycles. The fourth-order valence-electron chi connectivity index (χ4n) is 2.23. The third-order valence-electron chi connectivity index (χ3n) is 3.55. The molecule has 0 atom stereocenters. The number of methoxy groups -OCH3 is 2. The molecule has 2 amide bonds. The fraction of sp³-hybridized carbons (Fsp3) is 0.176. The monoisotopic (exact) mass is 393 g/mol. The molecule has 0 unspecified atom stereocenters. The van der Waals surface area contributed by atoms with Gasteiger partial charge >= 0.3 is 0 Å². The van der Waals surface area contributed by atoms with Gasteiger partial charge in [-0.3, -0.25) is 9.59 Å². The second-order valence-electron chi connectivity index (χ2n) is 5.30. The van der Waals surface area contributed by atoms with E-state index in [9.17, 15) is 18.0 Å². The van der Waals surface area contributed by atoms with Crippen LogP contribution in [0.1, 0.15) is 10.4 Å². The molecule has 4 N–H and O–H groups in total. The minimum absolute atomic E-state index is 0.0998. The minimum atomic E-state index is -4.06. The number of amides is 2. The van der Waals surface area contributed by atoms with Crippen molar-refractivity contribution in [1.29, 1.82) is 0 Å². The molecule has 144 valence electrons. The first-order valence-electron chi connectivity index (χ1n) is 7.69. The van der Waals surface area contributed by atoms with E-state index in [1.54, 1.807) is 18.2 Å². The highest BCUT2D eigenvalue weighted by Crippen LogP contribution is 2.27. The standard InChI is InChI=1S/C17H19N3O6S/c1-25-11-7-8-14(26-2)15(9-11)27(23,24)19-10-16(21)20-13-6-4-3-5-12(13)17(18)22/h3-9,19H,10H2,1-2H3,(H2,18,22)(H,20,21). The third-order valence-corrected chi connectivity index (χ3v) is 4.97. The average molecular weight is 393 g/mol. The highest BCUT2D eigenvalue weighted by Gasteiger charge is 2.21. The molecular formula is C17H19N3O6S. The van der Waals surface area contributed by atoms with E-state index >= 15 is 0 Å². The Morgan fingerprint density at radius 3 is 2.41 bits per heavy atom. The second kappa shape index (κ2) is 8.52. The molecule has 0 bridgehead atoms. The fourth-order valence-corrected chi connectivity index (χ4v) is 3.40. The molecular weight excluding hydrogens is 374 g/mol. The summed E-state index contributed by atoms with van der Waals surface area (Å²) in [4.78, 5) is 23.3. The van der Waals surface area contributed by atoms with Crippen molar-refractivity contribution in [2.75, 3.05) is 26.1 Å². The number of ether oxygens (including phenoxy) is 2. The van der Waals surface area contributed by atoms with E-state index in [4.69, 9.17) is 15.2 Å². The van der Waals surface area contributed by atoms with Crippen LogP contribution in [0.15, 0.2) is 47.4 Å². The molecule has 0 aliphatic rings. The van der Waals surface area contributed by atoms with Crippen LogP contribution in [0.25, 0.3) is 0 Å². The van der Waals surface area contributed by atoms with Gasteiger partial charge in [-0.05, 0) is 24.3 Å². The predicted molar refractivity (Wildman–Crippen MR) is 98.3 cm³/mol. The van der Waals surface area contributed by atoms with E-state index in [-0.39, 0.29) is 21.9 Å². The number of carbonyl (C=O) groups excluding carboxylic acids is 2. The Kier molecular flexibility index (Phi) is 6.37. The molecule has 0 spiro atoms. The summed E-state index contributed by atoms with van der Waals surface area (Å²) in [6, 6.07) is 10.4. The van der Waals surface area contributed by atoms with Gasteiger partial charge in [0.05, 0.1) is 32.0 Å². The minimum Gasteiger partial charge on any atom is -0.497 e. The topological polar surface area (TPSA) is 137 Å². The van der Waals surface area contributed by atoms with Gasteiger partial charge in [0.25, 0.3) is 5.91 Å². The van der Waals surface area contributed by atoms with E-state index in [1.807, 2.05) is 0 Å². The Morgan fingerprint density at radius 1 is 1.07 bits per heavy atom. The number of para-hydroxylation sites is 1. The lowest BCUT2D eigenvalue weighted by Gasteiger charge is -2.13. The van der Waals surface area contributed by atoms with Crippen molar-refractivity contribution in [3.05, 3.63) is 48.0 Å². The van der Waals surface area contributed by atoms with Gasteiger partial charge in [-0.2, -0.15) is 0 Å². The molecule has 0 saturated heterocycles. The summed E-state index contributed by atoms with van der Waals surface area (Å²) < 4.78 is 37.3. The number of nitrogens with two attached hydrogens (primary N) is 1. The Balaban J connectivity index is 2.14. The smallest absolute Gasteiger partial charge is 0.250 e. The molecule has 2 aromatic rings. The van der Waals surface area contributed by atoms with Crippen LogP contribution in [0.3, 0.4) is 0 Å². The molecule has 27 heavy (non-hydrogen) atoms. The average Bonchev–Trinajstić information content (AvgIpc) is 2.66. The second-order valence-corrected chi connectivity index (χ2v) is 7.03. The van der Waals surface area contributed by atoms with Crippen LogP contribution in [0, 0.1) is 0 Å². The molecule has 0 heterocycles. The van der Waals surface area contributed by atoms with E-state index in [0.717, 1.165) is 0 Å². The van der Waals surface area contributed by atoms with Crippen molar-refractivity contribution >= 4 is 27.5 Å². The molecule has 0 radical (unpaired) electrons. The van der Waals surface area contributed by atoms with Crippen LogP contribution < -0.4 is 25.2 Å². The van der Waals surface area contributed by atoms with Gasteiger partial charge < -0.3 is 20.5 Å². The van der Waals surface area contributed by atoms with Crippen LogP contribution in [0.4, 0.5) is 5.69 Å². The number of nitrogens with one attached hydrogen (secondary N) is 2. The van der Waals surface area contributed by atoms with Gasteiger partial charge in [-0.15, -0.1) is 0 Å². The van der Waals surface area contributed by atoms with Gasteiger partial charge in [-0.1, -0.05) is 12.1 Å². The van der Waals surface area contributed by atoms with Crippen molar-refractivity contribution in [2.24, 2.45) is 5.73 Å². The Hall–Kier alpha value is -3.11. The molecule has 0 aliphatic heterocycles. The summed E-state index contributed by atoms with van der Waals surface area (Å²) in [6.45, 7) is -0.560. The first-order valence-corrected chi connectivity index (χ1v) is 9.17. The Morgan fingerprint density at radius 2 is 1.78 bits per heavy atom. The summed E-state index contributed by atoms with van der Waals surface area (Å²) >= 11 is 0. The van der Waals surface area contributed by atoms with E-state index < -0.39 is 28.4 Å². The first-order chi connectivity index (χ1) is 12.8. The summed E-state index contributed by atoms with van der Waals surface area (Å²) in [5.41, 5.74) is 5.54. The quantitative estimate of drug-likeness (QED) is 0.604. The lowest BCUT2D eigenvalue weighted by molar-refractivity contribution is -0.115. The number of sulfonamides is 1. The molecule has 10 heteroatoms. The zero-order valence-corrected chi connectivity index (χ0v) is 15.5. The Bertz CT molecular complexity index is 959. The number of hydrogen-bond donors (Lipinski definition) is 3. The van der Waals surface area contributed by atoms with E-state index in [2.05, 4.69) is 10.0 Å². The van der Waals surface area contributed by atoms with Gasteiger partial charge in [0.1, 0.15) is 16.4 Å². The third kappa shape index (κ3) is 4.96. The lowest BCUT2D eigenvalue weighted by atomic mass is 10.1. The van der Waals surface area contributed by atoms with Crippen molar-refractivity contribution in [3.8, 4) is 11.5 Å². The summed E-state index contributed by atoms with van der Waals surface area (Å²) in [5.74, 6) is -0.972. The molecule has 9 nitrogen and oxygen atoms in total. The maximum absolute atomic E-state index is 12.5. The molecule has 0 fully saturated rings. The predicted octanol–water partition coefficient (Wildman–Crippen LogP) is 0.720. The number of primary amides is 1. The molecule has 0 aromatic heterocycles. The highest BCUT2D eigenvalue weighted by molar-refractivity contribution is 7.89. The maximum atomic E-state index is 12.5. The number of hydrogen-bond acceptors (Lipinski definition) is 6. The van der Waals surface area contributed by atoms with Crippen molar-refractivity contribution in [1.82, 2.24) is 4.72 Å². The van der Waals surface area contributed by atoms with Crippen molar-refractivity contribution in [3.63, 3.8) is 0 Å². The molecule has 0 saturated carbocycles. The number of rotatable bonds is 8. The van der Waals surface area contributed by atoms with Gasteiger partial charge in [0.15, 0.2) is 0 Å². The summed E-state index contributed by atoms with van der Waals surface area (Å²) in [7, 11) is -1.33. The number of carbonyl (C=O) groups is 2. The van der Waals surface area contributed by atoms with Crippen LogP contribution in [-0.4, -0.2) is 41.0 Å². The van der Waals surface area contributed by atoms with Gasteiger partial charge in [-0.25, -0.2) is 13.1 Å². The van der Waals surface area contributed by atoms with E-state index in [0.29, 0.717) is 5.75 Å². The Labute approximate surface area is 156 Å². The normalized spacial score (nSPS) is 10.9. The lowest BCUT2D eigenvalue weighted by Crippen LogP contribution is -2.33. The van der Waals surface area contributed by atoms with Crippen molar-refractivity contribution < 1.29 is 27.5 Å². The summed E-state index contributed by atoms with van der Waals surface area (Å²) in [6.07, 6.45) is 0.